The molecule has 0 bridgehead atoms. The van der Waals surface area contributed by atoms with Gasteiger partial charge < -0.3 is 9.64 Å². The molecule has 122 valence electrons. The number of thiophene rings is 1. The first-order chi connectivity index (χ1) is 11.0. The molecule has 0 unspecified atom stereocenters. The van der Waals surface area contributed by atoms with Crippen LogP contribution in [0.5, 0.6) is 0 Å². The zero-order valence-electron chi connectivity index (χ0n) is 13.7. The van der Waals surface area contributed by atoms with Crippen LogP contribution < -0.4 is 0 Å². The Bertz CT molecular complexity index is 679. The van der Waals surface area contributed by atoms with Crippen molar-refractivity contribution < 1.29 is 14.3 Å². The standard InChI is InChI=1S/C18H21NO3S/c1-4-22-17(20)11-19(10-15-8-6-5-7-9-15)18(21)16-12-23-14(3)13(16)2/h5-9,12H,4,10-11H2,1-3H3. The summed E-state index contributed by atoms with van der Waals surface area (Å²) in [5.41, 5.74) is 2.62. The summed E-state index contributed by atoms with van der Waals surface area (Å²) in [6.45, 7) is 6.33. The first-order valence-corrected chi connectivity index (χ1v) is 8.44. The van der Waals surface area contributed by atoms with Crippen molar-refractivity contribution in [3.8, 4) is 0 Å². The molecule has 0 spiro atoms. The Morgan fingerprint density at radius 1 is 1.17 bits per heavy atom. The van der Waals surface area contributed by atoms with Crippen LogP contribution in [0.1, 0.15) is 33.3 Å². The molecule has 0 aliphatic rings. The van der Waals surface area contributed by atoms with Crippen molar-refractivity contribution in [2.24, 2.45) is 0 Å². The van der Waals surface area contributed by atoms with Crippen molar-refractivity contribution >= 4 is 23.2 Å². The topological polar surface area (TPSA) is 46.6 Å². The Kier molecular flexibility index (Phi) is 5.93. The summed E-state index contributed by atoms with van der Waals surface area (Å²) in [4.78, 5) is 27.4. The molecule has 0 aliphatic heterocycles. The molecule has 0 saturated carbocycles. The molecule has 0 aliphatic carbocycles. The molecule has 1 amide bonds. The highest BCUT2D eigenvalue weighted by Crippen LogP contribution is 2.22. The average molecular weight is 331 g/mol. The molecule has 0 fully saturated rings. The lowest BCUT2D eigenvalue weighted by Crippen LogP contribution is -2.36. The van der Waals surface area contributed by atoms with E-state index < -0.39 is 0 Å². The van der Waals surface area contributed by atoms with E-state index in [0.29, 0.717) is 18.7 Å². The number of carbonyl (C=O) groups is 2. The zero-order chi connectivity index (χ0) is 16.8. The fraction of sp³-hybridized carbons (Fsp3) is 0.333. The predicted molar refractivity (Wildman–Crippen MR) is 91.6 cm³/mol. The van der Waals surface area contributed by atoms with E-state index in [0.717, 1.165) is 16.0 Å². The van der Waals surface area contributed by atoms with Crippen molar-refractivity contribution in [1.29, 1.82) is 0 Å². The molecule has 1 heterocycles. The van der Waals surface area contributed by atoms with Gasteiger partial charge in [-0.05, 0) is 31.9 Å². The Hall–Kier alpha value is -2.14. The SMILES string of the molecule is CCOC(=O)CN(Cc1ccccc1)C(=O)c1csc(C)c1C. The van der Waals surface area contributed by atoms with Crippen LogP contribution in [0.3, 0.4) is 0 Å². The van der Waals surface area contributed by atoms with E-state index in [4.69, 9.17) is 4.74 Å². The summed E-state index contributed by atoms with van der Waals surface area (Å²) in [7, 11) is 0. The normalized spacial score (nSPS) is 10.4. The Labute approximate surface area is 140 Å². The third-order valence-electron chi connectivity index (χ3n) is 3.64. The molecule has 2 aromatic rings. The molecular weight excluding hydrogens is 310 g/mol. The van der Waals surface area contributed by atoms with Crippen LogP contribution in [0, 0.1) is 13.8 Å². The van der Waals surface area contributed by atoms with E-state index in [1.165, 1.54) is 0 Å². The maximum absolute atomic E-state index is 12.8. The average Bonchev–Trinajstić information content (AvgIpc) is 2.87. The smallest absolute Gasteiger partial charge is 0.325 e. The minimum absolute atomic E-state index is 0.0457. The summed E-state index contributed by atoms with van der Waals surface area (Å²) in [6, 6.07) is 9.65. The van der Waals surface area contributed by atoms with Crippen molar-refractivity contribution in [2.75, 3.05) is 13.2 Å². The van der Waals surface area contributed by atoms with Crippen molar-refractivity contribution in [3.05, 3.63) is 57.3 Å². The van der Waals surface area contributed by atoms with Gasteiger partial charge in [0.25, 0.3) is 5.91 Å². The van der Waals surface area contributed by atoms with E-state index in [9.17, 15) is 9.59 Å². The summed E-state index contributed by atoms with van der Waals surface area (Å²) in [5.74, 6) is -0.523. The summed E-state index contributed by atoms with van der Waals surface area (Å²) < 4.78 is 5.00. The first kappa shape index (κ1) is 17.2. The van der Waals surface area contributed by atoms with Crippen molar-refractivity contribution in [2.45, 2.75) is 27.3 Å². The van der Waals surface area contributed by atoms with E-state index in [1.807, 2.05) is 49.6 Å². The van der Waals surface area contributed by atoms with Crippen molar-refractivity contribution in [1.82, 2.24) is 4.90 Å². The molecular formula is C18H21NO3S. The predicted octanol–water partition coefficient (Wildman–Crippen LogP) is 3.57. The largest absolute Gasteiger partial charge is 0.465 e. The monoisotopic (exact) mass is 331 g/mol. The molecule has 0 radical (unpaired) electrons. The second-order valence-electron chi connectivity index (χ2n) is 5.28. The van der Waals surface area contributed by atoms with Crippen LogP contribution in [-0.4, -0.2) is 29.9 Å². The lowest BCUT2D eigenvalue weighted by molar-refractivity contribution is -0.143. The van der Waals surface area contributed by atoms with Gasteiger partial charge >= 0.3 is 5.97 Å². The van der Waals surface area contributed by atoms with Gasteiger partial charge in [-0.2, -0.15) is 0 Å². The quantitative estimate of drug-likeness (QED) is 0.760. The number of esters is 1. The van der Waals surface area contributed by atoms with Crippen LogP contribution in [0.15, 0.2) is 35.7 Å². The molecule has 0 saturated heterocycles. The highest BCUT2D eigenvalue weighted by Gasteiger charge is 2.22. The maximum Gasteiger partial charge on any atom is 0.325 e. The highest BCUT2D eigenvalue weighted by atomic mass is 32.1. The zero-order valence-corrected chi connectivity index (χ0v) is 14.5. The lowest BCUT2D eigenvalue weighted by atomic mass is 10.1. The third-order valence-corrected chi connectivity index (χ3v) is 4.66. The number of carbonyl (C=O) groups excluding carboxylic acids is 2. The molecule has 23 heavy (non-hydrogen) atoms. The number of hydrogen-bond acceptors (Lipinski definition) is 4. The lowest BCUT2D eigenvalue weighted by Gasteiger charge is -2.22. The van der Waals surface area contributed by atoms with Gasteiger partial charge in [-0.15, -0.1) is 11.3 Å². The Morgan fingerprint density at radius 2 is 1.87 bits per heavy atom. The number of amides is 1. The van der Waals surface area contributed by atoms with Gasteiger partial charge in [-0.3, -0.25) is 9.59 Å². The minimum atomic E-state index is -0.388. The van der Waals surface area contributed by atoms with E-state index in [-0.39, 0.29) is 18.4 Å². The van der Waals surface area contributed by atoms with Crippen LogP contribution in [0.2, 0.25) is 0 Å². The van der Waals surface area contributed by atoms with Gasteiger partial charge in [0.05, 0.1) is 12.2 Å². The highest BCUT2D eigenvalue weighted by molar-refractivity contribution is 7.10. The first-order valence-electron chi connectivity index (χ1n) is 7.56. The third kappa shape index (κ3) is 4.42. The summed E-state index contributed by atoms with van der Waals surface area (Å²) in [5, 5.41) is 1.86. The Balaban J connectivity index is 2.23. The fourth-order valence-corrected chi connectivity index (χ4v) is 3.12. The molecule has 5 heteroatoms. The molecule has 2 rings (SSSR count). The number of ether oxygens (including phenoxy) is 1. The molecule has 4 nitrogen and oxygen atoms in total. The second-order valence-corrected chi connectivity index (χ2v) is 6.37. The summed E-state index contributed by atoms with van der Waals surface area (Å²) in [6.07, 6.45) is 0. The van der Waals surface area contributed by atoms with Crippen LogP contribution in [0.25, 0.3) is 0 Å². The van der Waals surface area contributed by atoms with Gasteiger partial charge in [0.15, 0.2) is 0 Å². The van der Waals surface area contributed by atoms with E-state index in [1.54, 1.807) is 23.2 Å². The van der Waals surface area contributed by atoms with E-state index >= 15 is 0 Å². The number of aryl methyl sites for hydroxylation is 1. The molecule has 0 atom stereocenters. The van der Waals surface area contributed by atoms with Gasteiger partial charge in [0.1, 0.15) is 6.54 Å². The number of hydrogen-bond donors (Lipinski definition) is 0. The number of benzene rings is 1. The van der Waals surface area contributed by atoms with E-state index in [2.05, 4.69) is 0 Å². The molecule has 1 aromatic heterocycles. The van der Waals surface area contributed by atoms with Gasteiger partial charge in [-0.1, -0.05) is 30.3 Å². The Morgan fingerprint density at radius 3 is 2.43 bits per heavy atom. The van der Waals surface area contributed by atoms with Gasteiger partial charge in [0.2, 0.25) is 0 Å². The second kappa shape index (κ2) is 7.92. The van der Waals surface area contributed by atoms with Crippen molar-refractivity contribution in [3.63, 3.8) is 0 Å². The summed E-state index contributed by atoms with van der Waals surface area (Å²) >= 11 is 1.55. The van der Waals surface area contributed by atoms with Crippen LogP contribution in [0.4, 0.5) is 0 Å². The van der Waals surface area contributed by atoms with Gasteiger partial charge in [0, 0.05) is 16.8 Å². The molecule has 0 N–H and O–H groups in total. The maximum atomic E-state index is 12.8. The van der Waals surface area contributed by atoms with Crippen LogP contribution in [-0.2, 0) is 16.1 Å². The molecule has 1 aromatic carbocycles. The fourth-order valence-electron chi connectivity index (χ4n) is 2.26. The van der Waals surface area contributed by atoms with Crippen LogP contribution >= 0.6 is 11.3 Å². The van der Waals surface area contributed by atoms with Gasteiger partial charge in [-0.25, -0.2) is 0 Å². The minimum Gasteiger partial charge on any atom is -0.465 e. The number of nitrogens with zero attached hydrogens (tertiary/aromatic N) is 1. The number of rotatable bonds is 6.